The number of hydrogen-bond acceptors (Lipinski definition) is 4. The van der Waals surface area contributed by atoms with Crippen LogP contribution in [0.3, 0.4) is 0 Å². The fraction of sp³-hybridized carbons (Fsp3) is 0.600. The van der Waals surface area contributed by atoms with Crippen LogP contribution in [0.1, 0.15) is 24.5 Å². The van der Waals surface area contributed by atoms with Crippen LogP contribution in [-0.4, -0.2) is 51.4 Å². The molecule has 0 saturated carbocycles. The Morgan fingerprint density at radius 1 is 1.10 bits per heavy atom. The van der Waals surface area contributed by atoms with Gasteiger partial charge in [-0.25, -0.2) is 12.7 Å². The summed E-state index contributed by atoms with van der Waals surface area (Å²) < 4.78 is 26.7. The van der Waals surface area contributed by atoms with E-state index in [0.29, 0.717) is 19.6 Å². The number of nitrogens with zero attached hydrogens (tertiary/aromatic N) is 2. The molecular formula is C15H27N3O2S. The maximum Gasteiger partial charge on any atom is 0.218 e. The Kier molecular flexibility index (Phi) is 7.31. The Bertz CT molecular complexity index is 529. The highest BCUT2D eigenvalue weighted by Gasteiger charge is 2.21. The molecular weight excluding hydrogens is 286 g/mol. The second-order valence-electron chi connectivity index (χ2n) is 5.48. The lowest BCUT2D eigenvalue weighted by molar-refractivity contribution is 0.332. The van der Waals surface area contributed by atoms with Gasteiger partial charge in [0, 0.05) is 26.2 Å². The van der Waals surface area contributed by atoms with Gasteiger partial charge in [-0.2, -0.15) is 0 Å². The van der Waals surface area contributed by atoms with Crippen molar-refractivity contribution < 1.29 is 8.42 Å². The first-order valence-corrected chi connectivity index (χ1v) is 8.90. The summed E-state index contributed by atoms with van der Waals surface area (Å²) in [5, 5.41) is 0. The summed E-state index contributed by atoms with van der Waals surface area (Å²) >= 11 is 0. The Hall–Kier alpha value is -0.950. The summed E-state index contributed by atoms with van der Waals surface area (Å²) in [6.07, 6.45) is 0.815. The molecule has 0 bridgehead atoms. The first-order valence-electron chi connectivity index (χ1n) is 7.29. The highest BCUT2D eigenvalue weighted by Crippen LogP contribution is 2.13. The molecule has 5 nitrogen and oxygen atoms in total. The zero-order valence-electron chi connectivity index (χ0n) is 13.2. The maximum atomic E-state index is 12.6. The van der Waals surface area contributed by atoms with Crippen LogP contribution in [0.2, 0.25) is 0 Å². The molecule has 0 aliphatic rings. The first-order chi connectivity index (χ1) is 9.89. The Labute approximate surface area is 128 Å². The van der Waals surface area contributed by atoms with E-state index >= 15 is 0 Å². The van der Waals surface area contributed by atoms with Crippen molar-refractivity contribution in [2.75, 3.05) is 33.7 Å². The smallest absolute Gasteiger partial charge is 0.218 e. The lowest BCUT2D eigenvalue weighted by atomic mass is 10.1. The molecule has 21 heavy (non-hydrogen) atoms. The highest BCUT2D eigenvalue weighted by molar-refractivity contribution is 7.88. The van der Waals surface area contributed by atoms with Crippen LogP contribution in [0.4, 0.5) is 0 Å². The predicted molar refractivity (Wildman–Crippen MR) is 87.4 cm³/mol. The zero-order chi connectivity index (χ0) is 15.9. The third-order valence-electron chi connectivity index (χ3n) is 3.24. The van der Waals surface area contributed by atoms with Crippen LogP contribution in [0.15, 0.2) is 24.3 Å². The Morgan fingerprint density at radius 2 is 1.76 bits per heavy atom. The molecule has 120 valence electrons. The van der Waals surface area contributed by atoms with E-state index < -0.39 is 10.0 Å². The highest BCUT2D eigenvalue weighted by atomic mass is 32.2. The summed E-state index contributed by atoms with van der Waals surface area (Å²) in [5.41, 5.74) is 7.36. The van der Waals surface area contributed by atoms with Crippen LogP contribution in [0, 0.1) is 0 Å². The fourth-order valence-corrected chi connectivity index (χ4v) is 3.70. The van der Waals surface area contributed by atoms with Crippen molar-refractivity contribution in [1.29, 1.82) is 0 Å². The van der Waals surface area contributed by atoms with E-state index in [9.17, 15) is 8.42 Å². The van der Waals surface area contributed by atoms with E-state index in [4.69, 9.17) is 5.73 Å². The molecule has 6 heteroatoms. The van der Waals surface area contributed by atoms with E-state index in [1.54, 1.807) is 4.31 Å². The van der Waals surface area contributed by atoms with Crippen molar-refractivity contribution in [2.45, 2.75) is 25.6 Å². The molecule has 0 amide bonds. The van der Waals surface area contributed by atoms with E-state index in [-0.39, 0.29) is 5.75 Å². The van der Waals surface area contributed by atoms with Gasteiger partial charge in [-0.05, 0) is 31.6 Å². The molecule has 1 aromatic rings. The summed E-state index contributed by atoms with van der Waals surface area (Å²) in [6, 6.07) is 7.48. The number of benzene rings is 1. The molecule has 0 atom stereocenters. The molecule has 0 aliphatic heterocycles. The Morgan fingerprint density at radius 3 is 2.33 bits per heavy atom. The standard InChI is InChI=1S/C15H27N3O2S/c1-4-8-18(10-9-17(2)3)21(19,20)13-15-7-5-6-14(11-15)12-16/h5-7,11H,4,8-10,12-13,16H2,1-3H3. The van der Waals surface area contributed by atoms with Gasteiger partial charge in [0.15, 0.2) is 0 Å². The summed E-state index contributed by atoms with van der Waals surface area (Å²) in [6.45, 7) is 4.23. The van der Waals surface area contributed by atoms with Gasteiger partial charge >= 0.3 is 0 Å². The second-order valence-corrected chi connectivity index (χ2v) is 7.45. The molecule has 1 rings (SSSR count). The zero-order valence-corrected chi connectivity index (χ0v) is 14.1. The van der Waals surface area contributed by atoms with Gasteiger partial charge in [0.25, 0.3) is 0 Å². The number of likely N-dealkylation sites (N-methyl/N-ethyl adjacent to an activating group) is 1. The molecule has 0 aliphatic carbocycles. The van der Waals surface area contributed by atoms with Crippen molar-refractivity contribution in [3.8, 4) is 0 Å². The summed E-state index contributed by atoms with van der Waals surface area (Å²) in [7, 11) is 0.599. The van der Waals surface area contributed by atoms with Gasteiger partial charge in [0.2, 0.25) is 10.0 Å². The minimum atomic E-state index is -3.29. The molecule has 0 aromatic heterocycles. The largest absolute Gasteiger partial charge is 0.326 e. The van der Waals surface area contributed by atoms with Crippen molar-refractivity contribution in [3.05, 3.63) is 35.4 Å². The lowest BCUT2D eigenvalue weighted by Crippen LogP contribution is -2.37. The quantitative estimate of drug-likeness (QED) is 0.745. The van der Waals surface area contributed by atoms with Crippen LogP contribution >= 0.6 is 0 Å². The average Bonchev–Trinajstić information content (AvgIpc) is 2.42. The normalized spacial score (nSPS) is 12.3. The average molecular weight is 313 g/mol. The lowest BCUT2D eigenvalue weighted by Gasteiger charge is -2.23. The van der Waals surface area contributed by atoms with Gasteiger partial charge in [0.05, 0.1) is 5.75 Å². The summed E-state index contributed by atoms with van der Waals surface area (Å²) in [4.78, 5) is 1.99. The molecule has 0 saturated heterocycles. The van der Waals surface area contributed by atoms with Gasteiger partial charge < -0.3 is 10.6 Å². The molecule has 0 spiro atoms. The molecule has 2 N–H and O–H groups in total. The molecule has 1 aromatic carbocycles. The van der Waals surface area contributed by atoms with E-state index in [1.807, 2.05) is 50.2 Å². The van der Waals surface area contributed by atoms with Crippen molar-refractivity contribution in [3.63, 3.8) is 0 Å². The van der Waals surface area contributed by atoms with Crippen LogP contribution in [0.5, 0.6) is 0 Å². The first kappa shape index (κ1) is 18.1. The monoisotopic (exact) mass is 313 g/mol. The van der Waals surface area contributed by atoms with Crippen LogP contribution in [0.25, 0.3) is 0 Å². The van der Waals surface area contributed by atoms with Crippen molar-refractivity contribution >= 4 is 10.0 Å². The van der Waals surface area contributed by atoms with Gasteiger partial charge in [0.1, 0.15) is 0 Å². The number of rotatable bonds is 9. The van der Waals surface area contributed by atoms with Gasteiger partial charge in [-0.1, -0.05) is 31.2 Å². The third kappa shape index (κ3) is 6.13. The second kappa shape index (κ2) is 8.48. The predicted octanol–water partition coefficient (Wildman–Crippen LogP) is 1.25. The molecule has 0 unspecified atom stereocenters. The molecule has 0 radical (unpaired) electrons. The fourth-order valence-electron chi connectivity index (χ4n) is 2.10. The SMILES string of the molecule is CCCN(CCN(C)C)S(=O)(=O)Cc1cccc(CN)c1. The number of sulfonamides is 1. The molecule has 0 fully saturated rings. The topological polar surface area (TPSA) is 66.6 Å². The minimum absolute atomic E-state index is 0.0360. The van der Waals surface area contributed by atoms with Gasteiger partial charge in [-0.15, -0.1) is 0 Å². The summed E-state index contributed by atoms with van der Waals surface area (Å²) in [5.74, 6) is 0.0360. The van der Waals surface area contributed by atoms with Crippen LogP contribution < -0.4 is 5.73 Å². The van der Waals surface area contributed by atoms with E-state index in [0.717, 1.165) is 24.1 Å². The minimum Gasteiger partial charge on any atom is -0.326 e. The number of hydrogen-bond donors (Lipinski definition) is 1. The van der Waals surface area contributed by atoms with Crippen LogP contribution in [-0.2, 0) is 22.3 Å². The Balaban J connectivity index is 2.84. The van der Waals surface area contributed by atoms with Crippen molar-refractivity contribution in [1.82, 2.24) is 9.21 Å². The van der Waals surface area contributed by atoms with Gasteiger partial charge in [-0.3, -0.25) is 0 Å². The maximum absolute atomic E-state index is 12.6. The number of nitrogens with two attached hydrogens (primary N) is 1. The molecule has 0 heterocycles. The van der Waals surface area contributed by atoms with E-state index in [2.05, 4.69) is 0 Å². The third-order valence-corrected chi connectivity index (χ3v) is 5.09. The van der Waals surface area contributed by atoms with E-state index in [1.165, 1.54) is 0 Å². The van der Waals surface area contributed by atoms with Crippen molar-refractivity contribution in [2.24, 2.45) is 5.73 Å².